The van der Waals surface area contributed by atoms with E-state index in [2.05, 4.69) is 15.6 Å². The normalized spacial score (nSPS) is 19.6. The van der Waals surface area contributed by atoms with Gasteiger partial charge in [-0.15, -0.1) is 0 Å². The summed E-state index contributed by atoms with van der Waals surface area (Å²) in [4.78, 5) is 28.6. The molecule has 0 unspecified atom stereocenters. The summed E-state index contributed by atoms with van der Waals surface area (Å²) in [6.45, 7) is 7.69. The third-order valence-electron chi connectivity index (χ3n) is 4.27. The van der Waals surface area contributed by atoms with E-state index in [1.807, 2.05) is 6.92 Å². The molecule has 1 aromatic heterocycles. The van der Waals surface area contributed by atoms with Gasteiger partial charge < -0.3 is 24.5 Å². The van der Waals surface area contributed by atoms with Crippen LogP contribution >= 0.6 is 0 Å². The van der Waals surface area contributed by atoms with Crippen LogP contribution in [0, 0.1) is 0 Å². The summed E-state index contributed by atoms with van der Waals surface area (Å²) in [6.07, 6.45) is 0.745. The van der Waals surface area contributed by atoms with Crippen LogP contribution in [0.5, 0.6) is 0 Å². The van der Waals surface area contributed by atoms with Crippen molar-refractivity contribution < 1.29 is 23.5 Å². The van der Waals surface area contributed by atoms with E-state index in [9.17, 15) is 9.59 Å². The van der Waals surface area contributed by atoms with Crippen LogP contribution < -0.4 is 10.6 Å². The number of carbonyl (C=O) groups is 2. The molecule has 2 amide bonds. The van der Waals surface area contributed by atoms with Crippen LogP contribution in [0.25, 0.3) is 11.1 Å². The lowest BCUT2D eigenvalue weighted by Crippen LogP contribution is -2.37. The second kappa shape index (κ2) is 8.18. The first-order valence-corrected chi connectivity index (χ1v) is 9.56. The summed E-state index contributed by atoms with van der Waals surface area (Å²) < 4.78 is 16.5. The topological polar surface area (TPSA) is 103 Å². The van der Waals surface area contributed by atoms with Crippen molar-refractivity contribution in [2.24, 2.45) is 0 Å². The number of carbonyl (C=O) groups excluding carboxylic acids is 2. The Kier molecular flexibility index (Phi) is 5.88. The molecule has 3 rings (SSSR count). The van der Waals surface area contributed by atoms with Gasteiger partial charge in [0.15, 0.2) is 11.5 Å². The standard InChI is InChI=1S/C20H27N3O5/c1-5-17-23-14-10-12(6-8-15(14)27-17)22-18(24)16-9-7-13(26-16)11-21-19(25)28-20(2,3)4/h6,8,10,13,16H,5,7,9,11H2,1-4H3,(H,21,25)(H,22,24)/t13-,16+/m1/s1. The maximum Gasteiger partial charge on any atom is 0.407 e. The molecule has 2 aromatic rings. The number of nitrogens with one attached hydrogen (secondary N) is 2. The highest BCUT2D eigenvalue weighted by Gasteiger charge is 2.31. The summed E-state index contributed by atoms with van der Waals surface area (Å²) >= 11 is 0. The second-order valence-electron chi connectivity index (χ2n) is 7.84. The second-order valence-corrected chi connectivity index (χ2v) is 7.84. The number of aromatic nitrogens is 1. The van der Waals surface area contributed by atoms with Crippen LogP contribution in [0.1, 0.15) is 46.4 Å². The molecule has 2 heterocycles. The van der Waals surface area contributed by atoms with E-state index in [0.717, 1.165) is 0 Å². The van der Waals surface area contributed by atoms with Crippen molar-refractivity contribution in [1.29, 1.82) is 0 Å². The Balaban J connectivity index is 1.50. The van der Waals surface area contributed by atoms with E-state index < -0.39 is 17.8 Å². The van der Waals surface area contributed by atoms with Crippen molar-refractivity contribution in [3.63, 3.8) is 0 Å². The first-order valence-electron chi connectivity index (χ1n) is 9.56. The number of benzene rings is 1. The van der Waals surface area contributed by atoms with Crippen LogP contribution in [0.15, 0.2) is 22.6 Å². The number of fused-ring (bicyclic) bond motifs is 1. The van der Waals surface area contributed by atoms with Crippen LogP contribution in [0.3, 0.4) is 0 Å². The minimum absolute atomic E-state index is 0.210. The molecule has 1 aromatic carbocycles. The molecular formula is C20H27N3O5. The van der Waals surface area contributed by atoms with Gasteiger partial charge in [-0.2, -0.15) is 0 Å². The minimum Gasteiger partial charge on any atom is -0.444 e. The molecule has 2 N–H and O–H groups in total. The molecule has 0 bridgehead atoms. The van der Waals surface area contributed by atoms with Gasteiger partial charge in [0.2, 0.25) is 0 Å². The van der Waals surface area contributed by atoms with E-state index >= 15 is 0 Å². The number of amides is 2. The molecule has 1 saturated heterocycles. The van der Waals surface area contributed by atoms with Gasteiger partial charge in [0.25, 0.3) is 5.91 Å². The Bertz CT molecular complexity index is 855. The van der Waals surface area contributed by atoms with Gasteiger partial charge >= 0.3 is 6.09 Å². The summed E-state index contributed by atoms with van der Waals surface area (Å²) in [5, 5.41) is 5.54. The smallest absolute Gasteiger partial charge is 0.407 e. The molecule has 8 heteroatoms. The number of hydrogen-bond donors (Lipinski definition) is 2. The van der Waals surface area contributed by atoms with Crippen LogP contribution in [-0.2, 0) is 20.7 Å². The number of hydrogen-bond acceptors (Lipinski definition) is 6. The summed E-state index contributed by atoms with van der Waals surface area (Å²) in [5.41, 5.74) is 1.50. The summed E-state index contributed by atoms with van der Waals surface area (Å²) in [5.74, 6) is 0.455. The first-order chi connectivity index (χ1) is 13.2. The Hall–Kier alpha value is -2.61. The predicted molar refractivity (Wildman–Crippen MR) is 104 cm³/mol. The molecule has 1 fully saturated rings. The average molecular weight is 389 g/mol. The number of ether oxygens (including phenoxy) is 2. The van der Waals surface area contributed by atoms with Crippen molar-refractivity contribution in [2.45, 2.75) is 64.8 Å². The highest BCUT2D eigenvalue weighted by atomic mass is 16.6. The molecule has 0 spiro atoms. The maximum absolute atomic E-state index is 12.5. The average Bonchev–Trinajstić information content (AvgIpc) is 3.24. The van der Waals surface area contributed by atoms with E-state index in [4.69, 9.17) is 13.9 Å². The molecule has 1 aliphatic rings. The van der Waals surface area contributed by atoms with Crippen molar-refractivity contribution in [1.82, 2.24) is 10.3 Å². The Morgan fingerprint density at radius 2 is 2.07 bits per heavy atom. The highest BCUT2D eigenvalue weighted by Crippen LogP contribution is 2.23. The van der Waals surface area contributed by atoms with Crippen molar-refractivity contribution >= 4 is 28.8 Å². The highest BCUT2D eigenvalue weighted by molar-refractivity contribution is 5.95. The third kappa shape index (κ3) is 5.22. The van der Waals surface area contributed by atoms with Gasteiger partial charge in [-0.3, -0.25) is 4.79 Å². The van der Waals surface area contributed by atoms with Gasteiger partial charge in [0, 0.05) is 18.7 Å². The molecular weight excluding hydrogens is 362 g/mol. The number of rotatable bonds is 5. The van der Waals surface area contributed by atoms with E-state index in [1.165, 1.54) is 0 Å². The number of anilines is 1. The molecule has 28 heavy (non-hydrogen) atoms. The largest absolute Gasteiger partial charge is 0.444 e. The zero-order valence-corrected chi connectivity index (χ0v) is 16.7. The lowest BCUT2D eigenvalue weighted by atomic mass is 10.2. The fraction of sp³-hybridized carbons (Fsp3) is 0.550. The van der Waals surface area contributed by atoms with Gasteiger partial charge in [-0.05, 0) is 51.8 Å². The van der Waals surface area contributed by atoms with E-state index in [-0.39, 0.29) is 12.0 Å². The summed E-state index contributed by atoms with van der Waals surface area (Å²) in [7, 11) is 0. The summed E-state index contributed by atoms with van der Waals surface area (Å²) in [6, 6.07) is 5.36. The Morgan fingerprint density at radius 3 is 2.79 bits per heavy atom. The molecule has 152 valence electrons. The zero-order valence-electron chi connectivity index (χ0n) is 16.7. The van der Waals surface area contributed by atoms with Crippen molar-refractivity contribution in [2.75, 3.05) is 11.9 Å². The molecule has 0 saturated carbocycles. The van der Waals surface area contributed by atoms with E-state index in [1.54, 1.807) is 39.0 Å². The van der Waals surface area contributed by atoms with Gasteiger partial charge in [-0.25, -0.2) is 9.78 Å². The quantitative estimate of drug-likeness (QED) is 0.812. The number of alkyl carbamates (subject to hydrolysis) is 1. The Morgan fingerprint density at radius 1 is 1.29 bits per heavy atom. The molecule has 0 radical (unpaired) electrons. The first kappa shape index (κ1) is 20.1. The third-order valence-corrected chi connectivity index (χ3v) is 4.27. The maximum atomic E-state index is 12.5. The molecule has 1 aliphatic heterocycles. The monoisotopic (exact) mass is 389 g/mol. The SMILES string of the molecule is CCc1nc2cc(NC(=O)[C@@H]3CC[C@H](CNC(=O)OC(C)(C)C)O3)ccc2o1. The molecule has 2 atom stereocenters. The van der Waals surface area contributed by atoms with Gasteiger partial charge in [0.1, 0.15) is 17.2 Å². The minimum atomic E-state index is -0.551. The van der Waals surface area contributed by atoms with Crippen LogP contribution in [-0.4, -0.2) is 41.3 Å². The van der Waals surface area contributed by atoms with Crippen molar-refractivity contribution in [3.8, 4) is 0 Å². The predicted octanol–water partition coefficient (Wildman–Crippen LogP) is 3.40. The van der Waals surface area contributed by atoms with E-state index in [0.29, 0.717) is 48.5 Å². The molecule has 0 aliphatic carbocycles. The van der Waals surface area contributed by atoms with Crippen LogP contribution in [0.2, 0.25) is 0 Å². The fourth-order valence-electron chi connectivity index (χ4n) is 2.99. The number of aryl methyl sites for hydroxylation is 1. The Labute approximate surface area is 164 Å². The number of nitrogens with zero attached hydrogens (tertiary/aromatic N) is 1. The lowest BCUT2D eigenvalue weighted by Gasteiger charge is -2.20. The van der Waals surface area contributed by atoms with Gasteiger partial charge in [0.05, 0.1) is 6.10 Å². The number of oxazole rings is 1. The van der Waals surface area contributed by atoms with Gasteiger partial charge in [-0.1, -0.05) is 6.92 Å². The van der Waals surface area contributed by atoms with Crippen molar-refractivity contribution in [3.05, 3.63) is 24.1 Å². The molecule has 8 nitrogen and oxygen atoms in total. The lowest BCUT2D eigenvalue weighted by molar-refractivity contribution is -0.126. The fourth-order valence-corrected chi connectivity index (χ4v) is 2.99. The zero-order chi connectivity index (χ0) is 20.3. The van der Waals surface area contributed by atoms with Crippen LogP contribution in [0.4, 0.5) is 10.5 Å².